The lowest BCUT2D eigenvalue weighted by Gasteiger charge is -2.16. The Hall–Kier alpha value is -3.65. The van der Waals surface area contributed by atoms with Crippen LogP contribution in [0, 0.1) is 0 Å². The van der Waals surface area contributed by atoms with Gasteiger partial charge in [-0.05, 0) is 41.0 Å². The molecule has 0 aromatic heterocycles. The third kappa shape index (κ3) is 3.83. The van der Waals surface area contributed by atoms with Crippen molar-refractivity contribution in [2.75, 3.05) is 19.0 Å². The fourth-order valence-electron chi connectivity index (χ4n) is 3.58. The number of carbonyl (C=O) groups is 1. The van der Waals surface area contributed by atoms with Crippen molar-refractivity contribution in [2.24, 2.45) is 0 Å². The Balaban J connectivity index is 1.88. The van der Waals surface area contributed by atoms with E-state index in [1.165, 1.54) is 0 Å². The standard InChI is InChI=1S/C27H23NO/c1-28(2)23-18-16-22(17-19-23)27(29)25-15-9-14-24(20-10-5-3-6-11-20)26(25)21-12-7-4-8-13-21/h3-19H,1-2H3. The van der Waals surface area contributed by atoms with E-state index in [4.69, 9.17) is 0 Å². The summed E-state index contributed by atoms with van der Waals surface area (Å²) in [4.78, 5) is 15.5. The van der Waals surface area contributed by atoms with Gasteiger partial charge >= 0.3 is 0 Å². The molecule has 0 aliphatic heterocycles. The van der Waals surface area contributed by atoms with Crippen LogP contribution in [0.25, 0.3) is 22.3 Å². The first-order chi connectivity index (χ1) is 14.1. The molecule has 29 heavy (non-hydrogen) atoms. The molecule has 0 fully saturated rings. The van der Waals surface area contributed by atoms with E-state index < -0.39 is 0 Å². The molecule has 0 spiro atoms. The minimum Gasteiger partial charge on any atom is -0.378 e. The first kappa shape index (κ1) is 18.7. The van der Waals surface area contributed by atoms with Gasteiger partial charge in [-0.3, -0.25) is 4.79 Å². The monoisotopic (exact) mass is 377 g/mol. The highest BCUT2D eigenvalue weighted by Crippen LogP contribution is 2.36. The number of nitrogens with zero attached hydrogens (tertiary/aromatic N) is 1. The Bertz CT molecular complexity index is 1110. The first-order valence-electron chi connectivity index (χ1n) is 9.71. The van der Waals surface area contributed by atoms with Gasteiger partial charge in [0, 0.05) is 36.5 Å². The summed E-state index contributed by atoms with van der Waals surface area (Å²) in [5, 5.41) is 0. The van der Waals surface area contributed by atoms with E-state index in [0.717, 1.165) is 33.5 Å². The molecule has 2 nitrogen and oxygen atoms in total. The van der Waals surface area contributed by atoms with E-state index in [9.17, 15) is 4.79 Å². The predicted octanol–water partition coefficient (Wildman–Crippen LogP) is 6.32. The van der Waals surface area contributed by atoms with E-state index in [1.54, 1.807) is 0 Å². The molecule has 0 bridgehead atoms. The summed E-state index contributed by atoms with van der Waals surface area (Å²) in [6.45, 7) is 0. The molecule has 0 unspecified atom stereocenters. The average molecular weight is 377 g/mol. The quantitative estimate of drug-likeness (QED) is 0.379. The molecule has 0 N–H and O–H groups in total. The number of anilines is 1. The van der Waals surface area contributed by atoms with Gasteiger partial charge in [-0.1, -0.05) is 78.9 Å². The van der Waals surface area contributed by atoms with Crippen molar-refractivity contribution in [1.29, 1.82) is 0 Å². The zero-order chi connectivity index (χ0) is 20.2. The Morgan fingerprint density at radius 2 is 1.21 bits per heavy atom. The maximum absolute atomic E-state index is 13.5. The molecule has 0 saturated heterocycles. The van der Waals surface area contributed by atoms with Crippen LogP contribution >= 0.6 is 0 Å². The fraction of sp³-hybridized carbons (Fsp3) is 0.0741. The van der Waals surface area contributed by atoms with Crippen LogP contribution in [-0.2, 0) is 0 Å². The van der Waals surface area contributed by atoms with Crippen LogP contribution in [0.15, 0.2) is 103 Å². The van der Waals surface area contributed by atoms with Gasteiger partial charge < -0.3 is 4.90 Å². The van der Waals surface area contributed by atoms with Crippen LogP contribution in [0.1, 0.15) is 15.9 Å². The molecule has 4 rings (SSSR count). The number of benzene rings is 4. The van der Waals surface area contributed by atoms with Gasteiger partial charge in [-0.25, -0.2) is 0 Å². The first-order valence-corrected chi connectivity index (χ1v) is 9.71. The molecule has 142 valence electrons. The molecule has 0 saturated carbocycles. The zero-order valence-corrected chi connectivity index (χ0v) is 16.7. The molecule has 4 aromatic carbocycles. The van der Waals surface area contributed by atoms with Crippen LogP contribution in [0.4, 0.5) is 5.69 Å². The molecular formula is C27H23NO. The molecule has 0 aliphatic carbocycles. The van der Waals surface area contributed by atoms with Gasteiger partial charge in [0.15, 0.2) is 5.78 Å². The van der Waals surface area contributed by atoms with Gasteiger partial charge in [-0.15, -0.1) is 0 Å². The number of ketones is 1. The van der Waals surface area contributed by atoms with Gasteiger partial charge in [0.1, 0.15) is 0 Å². The van der Waals surface area contributed by atoms with E-state index in [-0.39, 0.29) is 5.78 Å². The molecule has 0 atom stereocenters. The van der Waals surface area contributed by atoms with Crippen molar-refractivity contribution in [3.63, 3.8) is 0 Å². The smallest absolute Gasteiger partial charge is 0.193 e. The maximum Gasteiger partial charge on any atom is 0.193 e. The second-order valence-corrected chi connectivity index (χ2v) is 7.23. The van der Waals surface area contributed by atoms with Gasteiger partial charge in [0.25, 0.3) is 0 Å². The van der Waals surface area contributed by atoms with Crippen LogP contribution in [-0.4, -0.2) is 19.9 Å². The second-order valence-electron chi connectivity index (χ2n) is 7.23. The highest BCUT2D eigenvalue weighted by molar-refractivity contribution is 6.14. The minimum atomic E-state index is 0.0342. The summed E-state index contributed by atoms with van der Waals surface area (Å²) in [5.74, 6) is 0.0342. The molecule has 0 amide bonds. The SMILES string of the molecule is CN(C)c1ccc(C(=O)c2cccc(-c3ccccc3)c2-c2ccccc2)cc1. The lowest BCUT2D eigenvalue weighted by Crippen LogP contribution is -2.09. The van der Waals surface area contributed by atoms with Crippen LogP contribution in [0.2, 0.25) is 0 Å². The van der Waals surface area contributed by atoms with Crippen molar-refractivity contribution >= 4 is 11.5 Å². The highest BCUT2D eigenvalue weighted by atomic mass is 16.1. The lowest BCUT2D eigenvalue weighted by atomic mass is 9.87. The van der Waals surface area contributed by atoms with Crippen molar-refractivity contribution in [3.05, 3.63) is 114 Å². The number of rotatable bonds is 5. The molecule has 0 aliphatic rings. The predicted molar refractivity (Wildman–Crippen MR) is 122 cm³/mol. The van der Waals surface area contributed by atoms with Gasteiger partial charge in [0.2, 0.25) is 0 Å². The largest absolute Gasteiger partial charge is 0.378 e. The van der Waals surface area contributed by atoms with Gasteiger partial charge in [-0.2, -0.15) is 0 Å². The summed E-state index contributed by atoms with van der Waals surface area (Å²) >= 11 is 0. The van der Waals surface area contributed by atoms with Crippen molar-refractivity contribution < 1.29 is 4.79 Å². The van der Waals surface area contributed by atoms with E-state index in [2.05, 4.69) is 30.3 Å². The summed E-state index contributed by atoms with van der Waals surface area (Å²) in [7, 11) is 3.99. The summed E-state index contributed by atoms with van der Waals surface area (Å²) in [6.07, 6.45) is 0. The minimum absolute atomic E-state index is 0.0342. The van der Waals surface area contributed by atoms with Crippen molar-refractivity contribution in [2.45, 2.75) is 0 Å². The van der Waals surface area contributed by atoms with Crippen LogP contribution in [0.5, 0.6) is 0 Å². The fourth-order valence-corrected chi connectivity index (χ4v) is 3.58. The third-order valence-electron chi connectivity index (χ3n) is 5.10. The van der Waals surface area contributed by atoms with E-state index in [0.29, 0.717) is 5.56 Å². The Labute approximate surface area is 172 Å². The Morgan fingerprint density at radius 3 is 1.79 bits per heavy atom. The van der Waals surface area contributed by atoms with E-state index in [1.807, 2.05) is 91.8 Å². The molecule has 0 radical (unpaired) electrons. The Morgan fingerprint density at radius 1 is 0.621 bits per heavy atom. The number of carbonyl (C=O) groups excluding carboxylic acids is 1. The molecule has 2 heteroatoms. The summed E-state index contributed by atoms with van der Waals surface area (Å²) in [6, 6.07) is 34.1. The average Bonchev–Trinajstić information content (AvgIpc) is 2.79. The molecule has 4 aromatic rings. The second kappa shape index (κ2) is 8.15. The zero-order valence-electron chi connectivity index (χ0n) is 16.7. The molecule has 0 heterocycles. The Kier molecular flexibility index (Phi) is 5.26. The summed E-state index contributed by atoms with van der Waals surface area (Å²) in [5.41, 5.74) is 6.66. The topological polar surface area (TPSA) is 20.3 Å². The van der Waals surface area contributed by atoms with Gasteiger partial charge in [0.05, 0.1) is 0 Å². The maximum atomic E-state index is 13.5. The van der Waals surface area contributed by atoms with Crippen molar-refractivity contribution in [3.8, 4) is 22.3 Å². The highest BCUT2D eigenvalue weighted by Gasteiger charge is 2.18. The number of hydrogen-bond donors (Lipinski definition) is 0. The van der Waals surface area contributed by atoms with E-state index >= 15 is 0 Å². The summed E-state index contributed by atoms with van der Waals surface area (Å²) < 4.78 is 0. The molecular weight excluding hydrogens is 354 g/mol. The number of hydrogen-bond acceptors (Lipinski definition) is 2. The van der Waals surface area contributed by atoms with Crippen LogP contribution < -0.4 is 4.90 Å². The van der Waals surface area contributed by atoms with Crippen molar-refractivity contribution in [1.82, 2.24) is 0 Å². The normalized spacial score (nSPS) is 10.6. The van der Waals surface area contributed by atoms with Crippen LogP contribution in [0.3, 0.4) is 0 Å². The lowest BCUT2D eigenvalue weighted by molar-refractivity contribution is 0.103. The third-order valence-corrected chi connectivity index (χ3v) is 5.10.